The highest BCUT2D eigenvalue weighted by molar-refractivity contribution is 7.89. The lowest BCUT2D eigenvalue weighted by Crippen LogP contribution is -2.26. The number of nitrogens with zero attached hydrogens (tertiary/aromatic N) is 2. The van der Waals surface area contributed by atoms with Gasteiger partial charge < -0.3 is 4.42 Å². The normalized spacial score (nSPS) is 11.5. The first-order valence-electron chi connectivity index (χ1n) is 7.49. The van der Waals surface area contributed by atoms with E-state index in [1.165, 1.54) is 0 Å². The molecule has 7 heteroatoms. The maximum Gasteiger partial charge on any atom is 0.247 e. The summed E-state index contributed by atoms with van der Waals surface area (Å²) in [6, 6.07) is 15.9. The van der Waals surface area contributed by atoms with Gasteiger partial charge in [-0.05, 0) is 30.7 Å². The van der Waals surface area contributed by atoms with Crippen molar-refractivity contribution in [3.63, 3.8) is 0 Å². The van der Waals surface area contributed by atoms with E-state index in [1.54, 1.807) is 30.3 Å². The molecule has 2 aromatic carbocycles. The highest BCUT2D eigenvalue weighted by Gasteiger charge is 2.14. The fourth-order valence-corrected chi connectivity index (χ4v) is 3.30. The lowest BCUT2D eigenvalue weighted by molar-refractivity contribution is 0.501. The van der Waals surface area contributed by atoms with E-state index < -0.39 is 10.0 Å². The Morgan fingerprint density at radius 3 is 2.46 bits per heavy atom. The van der Waals surface area contributed by atoms with Gasteiger partial charge in [0, 0.05) is 18.5 Å². The van der Waals surface area contributed by atoms with Crippen molar-refractivity contribution >= 4 is 10.0 Å². The number of rotatable bonds is 6. The fraction of sp³-hybridized carbons (Fsp3) is 0.176. The molecule has 24 heavy (non-hydrogen) atoms. The van der Waals surface area contributed by atoms with Crippen LogP contribution in [-0.4, -0.2) is 25.2 Å². The quantitative estimate of drug-likeness (QED) is 0.743. The second-order valence-electron chi connectivity index (χ2n) is 5.28. The molecule has 1 heterocycles. The highest BCUT2D eigenvalue weighted by Crippen LogP contribution is 2.21. The summed E-state index contributed by atoms with van der Waals surface area (Å²) in [7, 11) is -3.52. The molecule has 0 unspecified atom stereocenters. The molecular weight excluding hydrogens is 326 g/mol. The van der Waals surface area contributed by atoms with Crippen LogP contribution in [0.5, 0.6) is 0 Å². The Hall–Kier alpha value is -2.51. The van der Waals surface area contributed by atoms with Crippen LogP contribution in [0.3, 0.4) is 0 Å². The van der Waals surface area contributed by atoms with Crippen molar-refractivity contribution in [1.29, 1.82) is 0 Å². The lowest BCUT2D eigenvalue weighted by Gasteiger charge is -2.04. The summed E-state index contributed by atoms with van der Waals surface area (Å²) in [5.41, 5.74) is 1.92. The summed E-state index contributed by atoms with van der Waals surface area (Å²) in [5, 5.41) is 8.00. The largest absolute Gasteiger partial charge is 0.421 e. The van der Waals surface area contributed by atoms with E-state index in [0.29, 0.717) is 18.2 Å². The number of benzene rings is 2. The van der Waals surface area contributed by atoms with E-state index in [1.807, 2.05) is 31.2 Å². The molecule has 0 saturated heterocycles. The van der Waals surface area contributed by atoms with Crippen molar-refractivity contribution in [2.45, 2.75) is 18.2 Å². The van der Waals surface area contributed by atoms with Gasteiger partial charge in [-0.2, -0.15) is 0 Å². The van der Waals surface area contributed by atoms with Gasteiger partial charge in [0.05, 0.1) is 4.90 Å². The molecule has 0 bridgehead atoms. The number of aromatic nitrogens is 2. The first-order valence-corrected chi connectivity index (χ1v) is 8.98. The second kappa shape index (κ2) is 6.94. The summed E-state index contributed by atoms with van der Waals surface area (Å²) in [6.07, 6.45) is 0.324. The van der Waals surface area contributed by atoms with Gasteiger partial charge in [0.25, 0.3) is 0 Å². The number of aryl methyl sites for hydroxylation is 1. The average molecular weight is 343 g/mol. The van der Waals surface area contributed by atoms with Crippen molar-refractivity contribution in [3.8, 4) is 11.5 Å². The fourth-order valence-electron chi connectivity index (χ4n) is 2.25. The standard InChI is InChI=1S/C17H17N3O3S/c1-13-7-5-6-10-15(13)17-20-19-16(23-17)11-12-18-24(21,22)14-8-3-2-4-9-14/h2-10,18H,11-12H2,1H3. The summed E-state index contributed by atoms with van der Waals surface area (Å²) in [5.74, 6) is 0.832. The molecule has 0 aliphatic rings. The minimum Gasteiger partial charge on any atom is -0.421 e. The third kappa shape index (κ3) is 3.69. The van der Waals surface area contributed by atoms with Crippen LogP contribution < -0.4 is 4.72 Å². The molecule has 1 N–H and O–H groups in total. The Morgan fingerprint density at radius 1 is 1.00 bits per heavy atom. The highest BCUT2D eigenvalue weighted by atomic mass is 32.2. The van der Waals surface area contributed by atoms with Gasteiger partial charge in [-0.15, -0.1) is 10.2 Å². The van der Waals surface area contributed by atoms with Crippen molar-refractivity contribution in [2.24, 2.45) is 0 Å². The predicted octanol–water partition coefficient (Wildman–Crippen LogP) is 2.57. The number of sulfonamides is 1. The Kier molecular flexibility index (Phi) is 4.73. The van der Waals surface area contributed by atoms with Gasteiger partial charge >= 0.3 is 0 Å². The minimum absolute atomic E-state index is 0.187. The molecule has 0 amide bonds. The lowest BCUT2D eigenvalue weighted by atomic mass is 10.1. The van der Waals surface area contributed by atoms with Crippen LogP contribution in [0.15, 0.2) is 63.9 Å². The molecule has 0 aliphatic heterocycles. The molecule has 124 valence electrons. The van der Waals surface area contributed by atoms with Crippen molar-refractivity contribution in [3.05, 3.63) is 66.1 Å². The van der Waals surface area contributed by atoms with Gasteiger partial charge in [-0.3, -0.25) is 0 Å². The molecule has 0 atom stereocenters. The van der Waals surface area contributed by atoms with Crippen molar-refractivity contribution in [1.82, 2.24) is 14.9 Å². The molecule has 3 rings (SSSR count). The summed E-state index contributed by atoms with van der Waals surface area (Å²) >= 11 is 0. The van der Waals surface area contributed by atoms with Gasteiger partial charge in [0.2, 0.25) is 21.8 Å². The van der Waals surface area contributed by atoms with Crippen LogP contribution in [0.1, 0.15) is 11.5 Å². The van der Waals surface area contributed by atoms with E-state index >= 15 is 0 Å². The maximum atomic E-state index is 12.1. The van der Waals surface area contributed by atoms with E-state index in [0.717, 1.165) is 11.1 Å². The molecule has 0 aliphatic carbocycles. The Morgan fingerprint density at radius 2 is 1.71 bits per heavy atom. The van der Waals surface area contributed by atoms with Crippen LogP contribution in [-0.2, 0) is 16.4 Å². The third-order valence-electron chi connectivity index (χ3n) is 3.53. The van der Waals surface area contributed by atoms with Crippen LogP contribution in [0.4, 0.5) is 0 Å². The van der Waals surface area contributed by atoms with Crippen LogP contribution in [0, 0.1) is 6.92 Å². The van der Waals surface area contributed by atoms with E-state index in [4.69, 9.17) is 4.42 Å². The topological polar surface area (TPSA) is 85.1 Å². The Balaban J connectivity index is 1.63. The zero-order valence-corrected chi connectivity index (χ0v) is 14.0. The van der Waals surface area contributed by atoms with Crippen molar-refractivity contribution < 1.29 is 12.8 Å². The molecule has 0 spiro atoms. The van der Waals surface area contributed by atoms with E-state index in [2.05, 4.69) is 14.9 Å². The maximum absolute atomic E-state index is 12.1. The van der Waals surface area contributed by atoms with Crippen LogP contribution >= 0.6 is 0 Å². The van der Waals surface area contributed by atoms with Gasteiger partial charge in [0.15, 0.2) is 0 Å². The first-order chi connectivity index (χ1) is 11.6. The molecule has 0 saturated carbocycles. The van der Waals surface area contributed by atoms with Gasteiger partial charge in [-0.1, -0.05) is 36.4 Å². The first kappa shape index (κ1) is 16.4. The number of hydrogen-bond donors (Lipinski definition) is 1. The van der Waals surface area contributed by atoms with Crippen molar-refractivity contribution in [2.75, 3.05) is 6.54 Å². The summed E-state index contributed by atoms with van der Waals surface area (Å²) in [6.45, 7) is 2.15. The van der Waals surface area contributed by atoms with Gasteiger partial charge in [0.1, 0.15) is 0 Å². The second-order valence-corrected chi connectivity index (χ2v) is 7.04. The Labute approximate surface area is 140 Å². The van der Waals surface area contributed by atoms with Crippen LogP contribution in [0.25, 0.3) is 11.5 Å². The van der Waals surface area contributed by atoms with E-state index in [-0.39, 0.29) is 11.4 Å². The summed E-state index contributed by atoms with van der Waals surface area (Å²) < 4.78 is 32.4. The zero-order chi connectivity index (χ0) is 17.0. The molecular formula is C17H17N3O3S. The zero-order valence-electron chi connectivity index (χ0n) is 13.1. The number of nitrogens with one attached hydrogen (secondary N) is 1. The molecule has 3 aromatic rings. The molecule has 0 radical (unpaired) electrons. The third-order valence-corrected chi connectivity index (χ3v) is 5.00. The smallest absolute Gasteiger partial charge is 0.247 e. The van der Waals surface area contributed by atoms with E-state index in [9.17, 15) is 8.42 Å². The summed E-state index contributed by atoms with van der Waals surface area (Å²) in [4.78, 5) is 0.233. The molecule has 0 fully saturated rings. The SMILES string of the molecule is Cc1ccccc1-c1nnc(CCNS(=O)(=O)c2ccccc2)o1. The Bertz CT molecular complexity index is 921. The predicted molar refractivity (Wildman–Crippen MR) is 89.8 cm³/mol. The van der Waals surface area contributed by atoms with Crippen LogP contribution in [0.2, 0.25) is 0 Å². The minimum atomic E-state index is -3.52. The average Bonchev–Trinajstić information content (AvgIpc) is 3.04. The molecule has 6 nitrogen and oxygen atoms in total. The molecule has 1 aromatic heterocycles. The number of hydrogen-bond acceptors (Lipinski definition) is 5. The monoisotopic (exact) mass is 343 g/mol. The van der Waals surface area contributed by atoms with Gasteiger partial charge in [-0.25, -0.2) is 13.1 Å².